The van der Waals surface area contributed by atoms with Gasteiger partial charge in [0.1, 0.15) is 0 Å². The summed E-state index contributed by atoms with van der Waals surface area (Å²) in [6.45, 7) is 7.53. The number of unbranched alkanes of at least 4 members (excludes halogenated alkanes) is 2. The second-order valence-corrected chi connectivity index (χ2v) is 3.70. The second-order valence-electron chi connectivity index (χ2n) is 3.70. The van der Waals surface area contributed by atoms with Crippen molar-refractivity contribution in [3.05, 3.63) is 0 Å². The Morgan fingerprint density at radius 3 is 1.93 bits per heavy atom. The van der Waals surface area contributed by atoms with Crippen LogP contribution in [0.25, 0.3) is 0 Å². The number of aliphatic imine (C=N–C) groups is 1. The molecule has 0 heterocycles. The maximum absolute atomic E-state index is 11.1. The van der Waals surface area contributed by atoms with E-state index in [1.807, 2.05) is 0 Å². The maximum Gasteiger partial charge on any atom is 0.331 e. The Hall–Kier alpha value is -0.860. The van der Waals surface area contributed by atoms with Gasteiger partial charge in [0.25, 0.3) is 0 Å². The fraction of sp³-hybridized carbons (Fsp3) is 0.818. The summed E-state index contributed by atoms with van der Waals surface area (Å²) >= 11 is 0. The molecule has 0 fully saturated rings. The third-order valence-electron chi connectivity index (χ3n) is 2.59. The summed E-state index contributed by atoms with van der Waals surface area (Å²) in [5.74, 6) is -0.825. The molecule has 0 aromatic rings. The van der Waals surface area contributed by atoms with Gasteiger partial charge in [0.2, 0.25) is 0 Å². The van der Waals surface area contributed by atoms with Crippen LogP contribution in [0.15, 0.2) is 4.99 Å². The number of hydrogen-bond donors (Lipinski definition) is 1. The van der Waals surface area contributed by atoms with Crippen molar-refractivity contribution in [3.8, 4) is 0 Å². The smallest absolute Gasteiger partial charge is 0.331 e. The number of carbonyl (C=O) groups is 1. The average molecular weight is 199 g/mol. The third-order valence-corrected chi connectivity index (χ3v) is 2.59. The molecule has 0 aliphatic carbocycles. The van der Waals surface area contributed by atoms with E-state index in [2.05, 4.69) is 25.6 Å². The largest absolute Gasteiger partial charge is 0.479 e. The molecule has 0 aliphatic rings. The van der Waals surface area contributed by atoms with Crippen molar-refractivity contribution in [2.75, 3.05) is 0 Å². The first kappa shape index (κ1) is 13.1. The molecule has 0 radical (unpaired) electrons. The van der Waals surface area contributed by atoms with Crippen LogP contribution in [-0.4, -0.2) is 23.3 Å². The summed E-state index contributed by atoms with van der Waals surface area (Å²) in [6, 6.07) is 0. The topological polar surface area (TPSA) is 49.7 Å². The Labute approximate surface area is 86.2 Å². The quantitative estimate of drug-likeness (QED) is 0.611. The fourth-order valence-corrected chi connectivity index (χ4v) is 1.50. The zero-order chi connectivity index (χ0) is 11.0. The molecule has 0 rings (SSSR count). The molecule has 0 aromatic carbocycles. The Morgan fingerprint density at radius 1 is 1.29 bits per heavy atom. The zero-order valence-corrected chi connectivity index (χ0v) is 9.25. The van der Waals surface area contributed by atoms with Gasteiger partial charge in [-0.25, -0.2) is 4.79 Å². The van der Waals surface area contributed by atoms with Gasteiger partial charge in [0, 0.05) is 0 Å². The van der Waals surface area contributed by atoms with Gasteiger partial charge in [0.05, 0.1) is 0 Å². The van der Waals surface area contributed by atoms with Crippen molar-refractivity contribution in [2.24, 2.45) is 4.99 Å². The van der Waals surface area contributed by atoms with Crippen LogP contribution < -0.4 is 0 Å². The monoisotopic (exact) mass is 199 g/mol. The lowest BCUT2D eigenvalue weighted by molar-refractivity contribution is -0.143. The molecule has 82 valence electrons. The number of carboxylic acids is 1. The molecule has 0 atom stereocenters. The Balaban J connectivity index is 4.43. The highest BCUT2D eigenvalue weighted by Crippen LogP contribution is 2.25. The summed E-state index contributed by atoms with van der Waals surface area (Å²) in [4.78, 5) is 15.0. The number of carboxylic acid groups (broad SMARTS) is 1. The van der Waals surface area contributed by atoms with E-state index in [0.29, 0.717) is 12.8 Å². The highest BCUT2D eigenvalue weighted by Gasteiger charge is 2.35. The molecule has 0 saturated heterocycles. The van der Waals surface area contributed by atoms with E-state index in [1.165, 1.54) is 0 Å². The lowest BCUT2D eigenvalue weighted by Crippen LogP contribution is -2.36. The van der Waals surface area contributed by atoms with Crippen molar-refractivity contribution < 1.29 is 9.90 Å². The Bertz CT molecular complexity index is 182. The highest BCUT2D eigenvalue weighted by atomic mass is 16.4. The fourth-order valence-electron chi connectivity index (χ4n) is 1.50. The van der Waals surface area contributed by atoms with Gasteiger partial charge in [-0.3, -0.25) is 4.99 Å². The Kier molecular flexibility index (Phi) is 6.17. The van der Waals surface area contributed by atoms with Gasteiger partial charge < -0.3 is 5.11 Å². The molecule has 14 heavy (non-hydrogen) atoms. The van der Waals surface area contributed by atoms with Gasteiger partial charge in [-0.2, -0.15) is 0 Å². The van der Waals surface area contributed by atoms with E-state index < -0.39 is 11.5 Å². The van der Waals surface area contributed by atoms with E-state index in [9.17, 15) is 4.79 Å². The van der Waals surface area contributed by atoms with Gasteiger partial charge >= 0.3 is 5.97 Å². The number of rotatable bonds is 8. The predicted octanol–water partition coefficient (Wildman–Crippen LogP) is 2.89. The van der Waals surface area contributed by atoms with Crippen LogP contribution in [-0.2, 0) is 4.79 Å². The first-order chi connectivity index (χ1) is 6.63. The molecule has 0 amide bonds. The molecule has 3 heteroatoms. The second kappa shape index (κ2) is 6.57. The third kappa shape index (κ3) is 3.48. The summed E-state index contributed by atoms with van der Waals surface area (Å²) in [7, 11) is 0. The van der Waals surface area contributed by atoms with Crippen molar-refractivity contribution in [1.82, 2.24) is 0 Å². The molecular weight excluding hydrogens is 178 g/mol. The van der Waals surface area contributed by atoms with Crippen LogP contribution in [0.2, 0.25) is 0 Å². The lowest BCUT2D eigenvalue weighted by atomic mass is 9.88. The van der Waals surface area contributed by atoms with Crippen LogP contribution in [0, 0.1) is 0 Å². The average Bonchev–Trinajstić information content (AvgIpc) is 2.18. The van der Waals surface area contributed by atoms with E-state index in [1.54, 1.807) is 0 Å². The number of hydrogen-bond acceptors (Lipinski definition) is 2. The van der Waals surface area contributed by atoms with Gasteiger partial charge in [-0.15, -0.1) is 0 Å². The summed E-state index contributed by atoms with van der Waals surface area (Å²) < 4.78 is 0. The van der Waals surface area contributed by atoms with Crippen molar-refractivity contribution in [3.63, 3.8) is 0 Å². The molecular formula is C11H21NO2. The van der Waals surface area contributed by atoms with Crippen molar-refractivity contribution >= 4 is 12.7 Å². The van der Waals surface area contributed by atoms with Crippen LogP contribution in [0.4, 0.5) is 0 Å². The standard InChI is InChI=1S/C11H21NO2/c1-4-6-8-11(12-3,10(13)14)9-7-5-2/h3-9H2,1-2H3,(H,13,14). The van der Waals surface area contributed by atoms with Crippen molar-refractivity contribution in [1.29, 1.82) is 0 Å². The van der Waals surface area contributed by atoms with Crippen LogP contribution in [0.5, 0.6) is 0 Å². The highest BCUT2D eigenvalue weighted by molar-refractivity contribution is 5.79. The van der Waals surface area contributed by atoms with E-state index in [-0.39, 0.29) is 0 Å². The van der Waals surface area contributed by atoms with E-state index in [0.717, 1.165) is 25.7 Å². The number of aliphatic carboxylic acids is 1. The van der Waals surface area contributed by atoms with Gasteiger partial charge in [-0.1, -0.05) is 39.5 Å². The first-order valence-electron chi connectivity index (χ1n) is 5.34. The normalized spacial score (nSPS) is 11.3. The molecule has 1 N–H and O–H groups in total. The number of nitrogens with zero attached hydrogens (tertiary/aromatic N) is 1. The molecule has 0 bridgehead atoms. The van der Waals surface area contributed by atoms with E-state index in [4.69, 9.17) is 5.11 Å². The van der Waals surface area contributed by atoms with Gasteiger partial charge in [0.15, 0.2) is 5.54 Å². The minimum atomic E-state index is -0.925. The minimum Gasteiger partial charge on any atom is -0.479 e. The molecule has 0 aliphatic heterocycles. The molecule has 3 nitrogen and oxygen atoms in total. The summed E-state index contributed by atoms with van der Waals surface area (Å²) in [5, 5.41) is 9.14. The Morgan fingerprint density at radius 2 is 1.71 bits per heavy atom. The van der Waals surface area contributed by atoms with Gasteiger partial charge in [-0.05, 0) is 19.6 Å². The van der Waals surface area contributed by atoms with Crippen LogP contribution in [0.1, 0.15) is 52.4 Å². The molecule has 0 saturated carbocycles. The predicted molar refractivity (Wildman–Crippen MR) is 59.0 cm³/mol. The SMILES string of the molecule is C=NC(CCCC)(CCCC)C(=O)O. The molecule has 0 aromatic heterocycles. The zero-order valence-electron chi connectivity index (χ0n) is 9.25. The summed E-state index contributed by atoms with van der Waals surface area (Å²) in [5.41, 5.74) is -0.925. The van der Waals surface area contributed by atoms with E-state index >= 15 is 0 Å². The molecule has 0 unspecified atom stereocenters. The van der Waals surface area contributed by atoms with Crippen LogP contribution >= 0.6 is 0 Å². The van der Waals surface area contributed by atoms with Crippen LogP contribution in [0.3, 0.4) is 0 Å². The first-order valence-corrected chi connectivity index (χ1v) is 5.34. The lowest BCUT2D eigenvalue weighted by Gasteiger charge is -2.24. The minimum absolute atomic E-state index is 0.613. The molecule has 0 spiro atoms. The summed E-state index contributed by atoms with van der Waals surface area (Å²) in [6.07, 6.45) is 5.02. The van der Waals surface area contributed by atoms with Crippen molar-refractivity contribution in [2.45, 2.75) is 57.9 Å². The maximum atomic E-state index is 11.1.